The summed E-state index contributed by atoms with van der Waals surface area (Å²) >= 11 is 0. The number of carbonyl (C=O) groups is 3. The third kappa shape index (κ3) is 7.19. The highest BCUT2D eigenvalue weighted by Gasteiger charge is 2.28. The van der Waals surface area contributed by atoms with Crippen molar-refractivity contribution >= 4 is 29.3 Å². The second-order valence-corrected chi connectivity index (χ2v) is 8.89. The fraction of sp³-hybridized carbons (Fsp3) is 0.423. The van der Waals surface area contributed by atoms with E-state index >= 15 is 0 Å². The minimum atomic E-state index is -0.364. The Balaban J connectivity index is 1.49. The van der Waals surface area contributed by atoms with Gasteiger partial charge in [0.2, 0.25) is 5.91 Å². The molecule has 1 aliphatic rings. The third-order valence-electron chi connectivity index (χ3n) is 5.81. The van der Waals surface area contributed by atoms with Crippen LogP contribution in [-0.4, -0.2) is 73.6 Å². The number of anilines is 2. The Labute approximate surface area is 206 Å². The molecule has 1 aliphatic heterocycles. The first-order chi connectivity index (χ1) is 16.8. The van der Waals surface area contributed by atoms with Crippen LogP contribution < -0.4 is 15.4 Å². The van der Waals surface area contributed by atoms with Gasteiger partial charge in [-0.1, -0.05) is 26.0 Å². The number of hydrogen-bond acceptors (Lipinski definition) is 6. The van der Waals surface area contributed by atoms with Crippen LogP contribution in [-0.2, 0) is 9.53 Å². The van der Waals surface area contributed by atoms with E-state index in [1.807, 2.05) is 37.8 Å². The lowest BCUT2D eigenvalue weighted by Gasteiger charge is -2.36. The van der Waals surface area contributed by atoms with Gasteiger partial charge in [0.25, 0.3) is 5.91 Å². The molecule has 0 spiro atoms. The normalized spacial score (nSPS) is 14.8. The fourth-order valence-electron chi connectivity index (χ4n) is 3.68. The molecule has 1 atom stereocenters. The molecule has 3 rings (SSSR count). The Morgan fingerprint density at radius 1 is 0.914 bits per heavy atom. The number of amides is 3. The summed E-state index contributed by atoms with van der Waals surface area (Å²) in [5.74, 6) is 0.449. The van der Waals surface area contributed by atoms with E-state index in [0.29, 0.717) is 61.4 Å². The first-order valence-electron chi connectivity index (χ1n) is 11.8. The SMILES string of the molecule is COc1ccccc1NC(=O)c1ccc(NC(=O)C(C)N2CCN(C(=O)OCC(C)C)CC2)cc1. The summed E-state index contributed by atoms with van der Waals surface area (Å²) in [7, 11) is 1.55. The molecule has 0 saturated carbocycles. The van der Waals surface area contributed by atoms with E-state index in [9.17, 15) is 14.4 Å². The van der Waals surface area contributed by atoms with Crippen LogP contribution in [0.5, 0.6) is 5.75 Å². The van der Waals surface area contributed by atoms with E-state index in [-0.39, 0.29) is 23.9 Å². The van der Waals surface area contributed by atoms with Crippen LogP contribution in [0.3, 0.4) is 0 Å². The van der Waals surface area contributed by atoms with Gasteiger partial charge in [-0.3, -0.25) is 14.5 Å². The smallest absolute Gasteiger partial charge is 0.409 e. The van der Waals surface area contributed by atoms with Gasteiger partial charge in [-0.2, -0.15) is 0 Å². The van der Waals surface area contributed by atoms with Gasteiger partial charge >= 0.3 is 6.09 Å². The van der Waals surface area contributed by atoms with Crippen molar-refractivity contribution in [3.05, 3.63) is 54.1 Å². The van der Waals surface area contributed by atoms with E-state index in [0.717, 1.165) is 0 Å². The third-order valence-corrected chi connectivity index (χ3v) is 5.81. The maximum absolute atomic E-state index is 12.8. The number of rotatable bonds is 8. The average Bonchev–Trinajstić information content (AvgIpc) is 2.87. The highest BCUT2D eigenvalue weighted by atomic mass is 16.6. The van der Waals surface area contributed by atoms with Crippen LogP contribution in [0, 0.1) is 5.92 Å². The largest absolute Gasteiger partial charge is 0.495 e. The molecule has 3 amide bonds. The molecule has 9 nitrogen and oxygen atoms in total. The summed E-state index contributed by atoms with van der Waals surface area (Å²) < 4.78 is 10.6. The molecule has 188 valence electrons. The standard InChI is InChI=1S/C26H34N4O5/c1-18(2)17-35-26(33)30-15-13-29(14-16-30)19(3)24(31)27-21-11-9-20(10-12-21)25(32)28-22-7-5-6-8-23(22)34-4/h5-12,18-19H,13-17H2,1-4H3,(H,27,31)(H,28,32). The number of benzene rings is 2. The summed E-state index contributed by atoms with van der Waals surface area (Å²) in [5.41, 5.74) is 1.65. The maximum atomic E-state index is 12.8. The topological polar surface area (TPSA) is 100 Å². The van der Waals surface area contributed by atoms with Gasteiger partial charge in [0.1, 0.15) is 5.75 Å². The lowest BCUT2D eigenvalue weighted by molar-refractivity contribution is -0.121. The Hall–Kier alpha value is -3.59. The first kappa shape index (κ1) is 26.0. The number of hydrogen-bond donors (Lipinski definition) is 2. The van der Waals surface area contributed by atoms with Crippen molar-refractivity contribution in [2.45, 2.75) is 26.8 Å². The molecule has 1 unspecified atom stereocenters. The molecule has 35 heavy (non-hydrogen) atoms. The van der Waals surface area contributed by atoms with E-state index in [4.69, 9.17) is 9.47 Å². The monoisotopic (exact) mass is 482 g/mol. The molecule has 2 aromatic rings. The van der Waals surface area contributed by atoms with E-state index < -0.39 is 0 Å². The summed E-state index contributed by atoms with van der Waals surface area (Å²) in [5, 5.41) is 5.73. The lowest BCUT2D eigenvalue weighted by Crippen LogP contribution is -2.54. The number of nitrogens with one attached hydrogen (secondary N) is 2. The summed E-state index contributed by atoms with van der Waals surface area (Å²) in [4.78, 5) is 41.2. The van der Waals surface area contributed by atoms with Crippen molar-refractivity contribution in [2.24, 2.45) is 5.92 Å². The Morgan fingerprint density at radius 2 is 1.57 bits per heavy atom. The van der Waals surface area contributed by atoms with Gasteiger partial charge < -0.3 is 25.0 Å². The summed E-state index contributed by atoms with van der Waals surface area (Å²) in [6.07, 6.45) is -0.301. The average molecular weight is 483 g/mol. The molecule has 1 saturated heterocycles. The van der Waals surface area contributed by atoms with Crippen LogP contribution >= 0.6 is 0 Å². The van der Waals surface area contributed by atoms with Crippen LogP contribution in [0.15, 0.2) is 48.5 Å². The molecule has 0 aliphatic carbocycles. The number of carbonyl (C=O) groups excluding carboxylic acids is 3. The molecule has 0 radical (unpaired) electrons. The highest BCUT2D eigenvalue weighted by molar-refractivity contribution is 6.05. The van der Waals surface area contributed by atoms with Gasteiger partial charge in [0, 0.05) is 37.4 Å². The van der Waals surface area contributed by atoms with E-state index in [2.05, 4.69) is 10.6 Å². The van der Waals surface area contributed by atoms with Gasteiger partial charge in [-0.05, 0) is 49.2 Å². The molecule has 2 aromatic carbocycles. The van der Waals surface area contributed by atoms with Gasteiger partial charge in [-0.25, -0.2) is 4.79 Å². The van der Waals surface area contributed by atoms with Crippen molar-refractivity contribution < 1.29 is 23.9 Å². The second kappa shape index (κ2) is 12.2. The fourth-order valence-corrected chi connectivity index (χ4v) is 3.68. The molecule has 0 bridgehead atoms. The van der Waals surface area contributed by atoms with Crippen LogP contribution in [0.4, 0.5) is 16.2 Å². The quantitative estimate of drug-likeness (QED) is 0.595. The number of para-hydroxylation sites is 2. The second-order valence-electron chi connectivity index (χ2n) is 8.89. The van der Waals surface area contributed by atoms with Crippen molar-refractivity contribution in [2.75, 3.05) is 50.5 Å². The molecule has 0 aromatic heterocycles. The Morgan fingerprint density at radius 3 is 2.20 bits per heavy atom. The molecular weight excluding hydrogens is 448 g/mol. The first-order valence-corrected chi connectivity index (χ1v) is 11.8. The molecule has 9 heteroatoms. The van der Waals surface area contributed by atoms with Crippen LogP contribution in [0.25, 0.3) is 0 Å². The van der Waals surface area contributed by atoms with Crippen LogP contribution in [0.1, 0.15) is 31.1 Å². The van der Waals surface area contributed by atoms with Gasteiger partial charge in [0.15, 0.2) is 0 Å². The van der Waals surface area contributed by atoms with Crippen molar-refractivity contribution in [3.8, 4) is 5.75 Å². The maximum Gasteiger partial charge on any atom is 0.409 e. The lowest BCUT2D eigenvalue weighted by atomic mass is 10.1. The molecule has 2 N–H and O–H groups in total. The van der Waals surface area contributed by atoms with E-state index in [1.165, 1.54) is 0 Å². The van der Waals surface area contributed by atoms with Crippen molar-refractivity contribution in [1.82, 2.24) is 9.80 Å². The molecule has 1 heterocycles. The predicted molar refractivity (Wildman–Crippen MR) is 135 cm³/mol. The van der Waals surface area contributed by atoms with Crippen molar-refractivity contribution in [3.63, 3.8) is 0 Å². The molecule has 1 fully saturated rings. The zero-order chi connectivity index (χ0) is 25.4. The number of methoxy groups -OCH3 is 1. The molecular formula is C26H34N4O5. The van der Waals surface area contributed by atoms with Crippen molar-refractivity contribution in [1.29, 1.82) is 0 Å². The van der Waals surface area contributed by atoms with E-state index in [1.54, 1.807) is 48.4 Å². The number of piperazine rings is 1. The predicted octanol–water partition coefficient (Wildman–Crippen LogP) is 3.68. The number of ether oxygens (including phenoxy) is 2. The van der Waals surface area contributed by atoms with Gasteiger partial charge in [-0.15, -0.1) is 0 Å². The van der Waals surface area contributed by atoms with Crippen LogP contribution in [0.2, 0.25) is 0 Å². The van der Waals surface area contributed by atoms with Gasteiger partial charge in [0.05, 0.1) is 25.4 Å². The minimum absolute atomic E-state index is 0.146. The zero-order valence-corrected chi connectivity index (χ0v) is 20.7. The minimum Gasteiger partial charge on any atom is -0.495 e. The Bertz CT molecular complexity index is 1020. The Kier molecular flexibility index (Phi) is 9.08. The summed E-state index contributed by atoms with van der Waals surface area (Å²) in [6.45, 7) is 8.46. The summed E-state index contributed by atoms with van der Waals surface area (Å²) in [6, 6.07) is 13.5. The number of nitrogens with zero attached hydrogens (tertiary/aromatic N) is 2. The highest BCUT2D eigenvalue weighted by Crippen LogP contribution is 2.24. The zero-order valence-electron chi connectivity index (χ0n) is 20.7.